The minimum atomic E-state index is -0.470. The van der Waals surface area contributed by atoms with E-state index in [1.807, 2.05) is 0 Å². The molecule has 0 atom stereocenters. The lowest BCUT2D eigenvalue weighted by molar-refractivity contribution is 0.0965. The molecule has 0 unspecified atom stereocenters. The van der Waals surface area contributed by atoms with Crippen LogP contribution in [0.2, 0.25) is 0 Å². The third-order valence-corrected chi connectivity index (χ3v) is 2.06. The van der Waals surface area contributed by atoms with Crippen molar-refractivity contribution in [3.05, 3.63) is 0 Å². The molecule has 0 aromatic carbocycles. The van der Waals surface area contributed by atoms with Gasteiger partial charge in [0, 0.05) is 0 Å². The highest BCUT2D eigenvalue weighted by molar-refractivity contribution is 4.80. The average Bonchev–Trinajstić information content (AvgIpc) is 1.57. The van der Waals surface area contributed by atoms with Crippen LogP contribution in [-0.4, -0.2) is 6.17 Å². The van der Waals surface area contributed by atoms with Crippen molar-refractivity contribution < 1.29 is 4.39 Å². The van der Waals surface area contributed by atoms with Crippen molar-refractivity contribution in [2.75, 3.05) is 0 Å². The summed E-state index contributed by atoms with van der Waals surface area (Å²) in [6, 6.07) is 0. The molecule has 0 saturated heterocycles. The van der Waals surface area contributed by atoms with Crippen molar-refractivity contribution >= 4 is 0 Å². The molecule has 8 heavy (non-hydrogen) atoms. The maximum Gasteiger partial charge on any atom is 0.101 e. The summed E-state index contributed by atoms with van der Waals surface area (Å²) in [7, 11) is 0. The van der Waals surface area contributed by atoms with Crippen LogP contribution in [0.15, 0.2) is 0 Å². The maximum atomic E-state index is 12.1. The monoisotopic (exact) mass is 116 g/mol. The van der Waals surface area contributed by atoms with Crippen molar-refractivity contribution in [3.8, 4) is 0 Å². The van der Waals surface area contributed by atoms with Crippen LogP contribution in [0.1, 0.15) is 26.7 Å². The van der Waals surface area contributed by atoms with Crippen LogP contribution >= 0.6 is 0 Å². The number of hydrogen-bond donors (Lipinski definition) is 0. The fourth-order valence-corrected chi connectivity index (χ4v) is 1.13. The van der Waals surface area contributed by atoms with Gasteiger partial charge in [-0.05, 0) is 24.7 Å². The lowest BCUT2D eigenvalue weighted by Gasteiger charge is -2.32. The molecule has 1 aliphatic rings. The van der Waals surface area contributed by atoms with Gasteiger partial charge in [-0.3, -0.25) is 0 Å². The molecule has 0 aliphatic heterocycles. The molecule has 1 aliphatic carbocycles. The van der Waals surface area contributed by atoms with Crippen LogP contribution in [0, 0.1) is 11.8 Å². The van der Waals surface area contributed by atoms with Gasteiger partial charge in [-0.1, -0.05) is 13.8 Å². The molecule has 1 fully saturated rings. The van der Waals surface area contributed by atoms with E-state index in [2.05, 4.69) is 13.8 Å². The quantitative estimate of drug-likeness (QED) is 0.493. The number of hydrogen-bond acceptors (Lipinski definition) is 0. The predicted molar refractivity (Wildman–Crippen MR) is 32.5 cm³/mol. The van der Waals surface area contributed by atoms with E-state index in [0.717, 1.165) is 12.8 Å². The first-order valence-electron chi connectivity index (χ1n) is 3.34. The standard InChI is InChI=1S/C7H13F/c1-5(2)6-3-7(8)4-6/h5-7H,3-4H2,1-2H3/t6-,7+. The fraction of sp³-hybridized carbons (Fsp3) is 1.00. The van der Waals surface area contributed by atoms with Gasteiger partial charge in [-0.15, -0.1) is 0 Å². The summed E-state index contributed by atoms with van der Waals surface area (Å²) in [5.74, 6) is 1.38. The number of halogens is 1. The molecule has 1 rings (SSSR count). The number of alkyl halides is 1. The van der Waals surface area contributed by atoms with E-state index in [4.69, 9.17) is 0 Å². The van der Waals surface area contributed by atoms with Crippen LogP contribution in [0.5, 0.6) is 0 Å². The maximum absolute atomic E-state index is 12.1. The van der Waals surface area contributed by atoms with E-state index in [1.54, 1.807) is 0 Å². The van der Waals surface area contributed by atoms with Gasteiger partial charge >= 0.3 is 0 Å². The predicted octanol–water partition coefficient (Wildman–Crippen LogP) is 2.39. The van der Waals surface area contributed by atoms with E-state index in [-0.39, 0.29) is 0 Å². The molecule has 0 bridgehead atoms. The van der Waals surface area contributed by atoms with E-state index >= 15 is 0 Å². The minimum Gasteiger partial charge on any atom is -0.247 e. The van der Waals surface area contributed by atoms with E-state index in [0.29, 0.717) is 11.8 Å². The Kier molecular flexibility index (Phi) is 1.54. The third-order valence-electron chi connectivity index (χ3n) is 2.06. The fourth-order valence-electron chi connectivity index (χ4n) is 1.13. The van der Waals surface area contributed by atoms with Gasteiger partial charge in [0.15, 0.2) is 0 Å². The zero-order valence-corrected chi connectivity index (χ0v) is 5.52. The lowest BCUT2D eigenvalue weighted by atomic mass is 9.76. The lowest BCUT2D eigenvalue weighted by Crippen LogP contribution is -2.28. The molecular weight excluding hydrogens is 103 g/mol. The van der Waals surface area contributed by atoms with Crippen LogP contribution in [-0.2, 0) is 0 Å². The zero-order valence-electron chi connectivity index (χ0n) is 5.52. The van der Waals surface area contributed by atoms with Crippen LogP contribution in [0.4, 0.5) is 4.39 Å². The number of rotatable bonds is 1. The van der Waals surface area contributed by atoms with Gasteiger partial charge in [-0.25, -0.2) is 4.39 Å². The van der Waals surface area contributed by atoms with Crippen LogP contribution < -0.4 is 0 Å². The Labute approximate surface area is 50.1 Å². The Balaban J connectivity index is 2.15. The van der Waals surface area contributed by atoms with Gasteiger partial charge in [0.1, 0.15) is 6.17 Å². The highest BCUT2D eigenvalue weighted by Crippen LogP contribution is 2.35. The Hall–Kier alpha value is -0.0700. The first-order chi connectivity index (χ1) is 3.70. The van der Waals surface area contributed by atoms with Gasteiger partial charge in [0.05, 0.1) is 0 Å². The van der Waals surface area contributed by atoms with E-state index in [1.165, 1.54) is 0 Å². The summed E-state index contributed by atoms with van der Waals surface area (Å²) in [5, 5.41) is 0. The van der Waals surface area contributed by atoms with Gasteiger partial charge in [0.2, 0.25) is 0 Å². The highest BCUT2D eigenvalue weighted by atomic mass is 19.1. The highest BCUT2D eigenvalue weighted by Gasteiger charge is 2.30. The molecule has 48 valence electrons. The molecule has 0 spiro atoms. The molecule has 0 heterocycles. The summed E-state index contributed by atoms with van der Waals surface area (Å²) < 4.78 is 12.1. The van der Waals surface area contributed by atoms with Crippen LogP contribution in [0.25, 0.3) is 0 Å². The van der Waals surface area contributed by atoms with Gasteiger partial charge < -0.3 is 0 Å². The molecule has 1 heteroatoms. The molecule has 1 saturated carbocycles. The second-order valence-corrected chi connectivity index (χ2v) is 3.07. The summed E-state index contributed by atoms with van der Waals surface area (Å²) in [4.78, 5) is 0. The molecule has 0 nitrogen and oxygen atoms in total. The normalized spacial score (nSPS) is 37.5. The van der Waals surface area contributed by atoms with Crippen molar-refractivity contribution in [1.82, 2.24) is 0 Å². The summed E-state index contributed by atoms with van der Waals surface area (Å²) in [5.41, 5.74) is 0. The molecule has 0 radical (unpaired) electrons. The van der Waals surface area contributed by atoms with E-state index in [9.17, 15) is 4.39 Å². The van der Waals surface area contributed by atoms with Crippen molar-refractivity contribution in [1.29, 1.82) is 0 Å². The summed E-state index contributed by atoms with van der Waals surface area (Å²) in [6.45, 7) is 4.33. The SMILES string of the molecule is CC(C)[C@H]1C[C@@H](F)C1. The second kappa shape index (κ2) is 2.04. The third kappa shape index (κ3) is 1.01. The first kappa shape index (κ1) is 6.06. The van der Waals surface area contributed by atoms with Gasteiger partial charge in [0.25, 0.3) is 0 Å². The zero-order chi connectivity index (χ0) is 6.15. The second-order valence-electron chi connectivity index (χ2n) is 3.07. The minimum absolute atomic E-state index is 0.470. The topological polar surface area (TPSA) is 0 Å². The van der Waals surface area contributed by atoms with Crippen molar-refractivity contribution in [2.45, 2.75) is 32.9 Å². The largest absolute Gasteiger partial charge is 0.247 e. The molecule has 0 amide bonds. The molecule has 0 N–H and O–H groups in total. The summed E-state index contributed by atoms with van der Waals surface area (Å²) in [6.07, 6.45) is 1.16. The van der Waals surface area contributed by atoms with Crippen molar-refractivity contribution in [2.24, 2.45) is 11.8 Å². The first-order valence-corrected chi connectivity index (χ1v) is 3.34. The smallest absolute Gasteiger partial charge is 0.101 e. The Morgan fingerprint density at radius 1 is 1.38 bits per heavy atom. The molecular formula is C7H13F. The summed E-state index contributed by atoms with van der Waals surface area (Å²) >= 11 is 0. The Morgan fingerprint density at radius 3 is 2.00 bits per heavy atom. The van der Waals surface area contributed by atoms with Crippen LogP contribution in [0.3, 0.4) is 0 Å². The molecule has 0 aromatic heterocycles. The Morgan fingerprint density at radius 2 is 1.88 bits per heavy atom. The van der Waals surface area contributed by atoms with Crippen molar-refractivity contribution in [3.63, 3.8) is 0 Å². The molecule has 0 aromatic rings. The van der Waals surface area contributed by atoms with Gasteiger partial charge in [-0.2, -0.15) is 0 Å². The average molecular weight is 116 g/mol. The van der Waals surface area contributed by atoms with E-state index < -0.39 is 6.17 Å². The Bertz CT molecular complexity index is 72.5.